The molecule has 0 aliphatic carbocycles. The number of rotatable bonds is 11. The molecule has 2 amide bonds. The average Bonchev–Trinajstić information content (AvgIpc) is 3.08. The molecule has 0 radical (unpaired) electrons. The van der Waals surface area contributed by atoms with Crippen LogP contribution < -0.4 is 14.5 Å². The van der Waals surface area contributed by atoms with E-state index in [0.717, 1.165) is 5.69 Å². The van der Waals surface area contributed by atoms with Gasteiger partial charge in [-0.25, -0.2) is 4.90 Å². The highest BCUT2D eigenvalue weighted by atomic mass is 16.5. The SMILES string of the molecule is COCCN(CCOC)C1=C(c2ccccc2OC)C(=O)N(c2ccc(N(C)C)cc2)C1=O. The van der Waals surface area contributed by atoms with Crippen molar-refractivity contribution in [3.05, 3.63) is 59.8 Å². The number of carbonyl (C=O) groups excluding carboxylic acids is 2. The topological polar surface area (TPSA) is 71.6 Å². The van der Waals surface area contributed by atoms with E-state index >= 15 is 0 Å². The second-order valence-corrected chi connectivity index (χ2v) is 7.75. The predicted octanol–water partition coefficient (Wildman–Crippen LogP) is 2.64. The number of anilines is 2. The third kappa shape index (κ3) is 5.02. The van der Waals surface area contributed by atoms with E-state index in [-0.39, 0.29) is 5.91 Å². The maximum absolute atomic E-state index is 13.8. The third-order valence-corrected chi connectivity index (χ3v) is 5.51. The minimum Gasteiger partial charge on any atom is -0.496 e. The molecule has 3 rings (SSSR count). The molecule has 0 N–H and O–H groups in total. The predicted molar refractivity (Wildman–Crippen MR) is 129 cm³/mol. The Morgan fingerprint density at radius 1 is 0.818 bits per heavy atom. The molecule has 8 nitrogen and oxygen atoms in total. The first-order valence-corrected chi connectivity index (χ1v) is 10.7. The van der Waals surface area contributed by atoms with Gasteiger partial charge in [-0.2, -0.15) is 0 Å². The number of amides is 2. The standard InChI is InChI=1S/C25H31N3O5/c1-26(2)18-10-12-19(13-11-18)28-24(29)22(20-8-6-7-9-21(20)33-5)23(25(28)30)27(14-16-31-3)15-17-32-4/h6-13H,14-17H2,1-5H3. The zero-order valence-electron chi connectivity index (χ0n) is 19.8. The summed E-state index contributed by atoms with van der Waals surface area (Å²) in [5.41, 5.74) is 2.67. The quantitative estimate of drug-likeness (QED) is 0.485. The highest BCUT2D eigenvalue weighted by Gasteiger charge is 2.43. The van der Waals surface area contributed by atoms with Gasteiger partial charge >= 0.3 is 0 Å². The summed E-state index contributed by atoms with van der Waals surface area (Å²) in [6.45, 7) is 1.65. The summed E-state index contributed by atoms with van der Waals surface area (Å²) in [6.07, 6.45) is 0. The van der Waals surface area contributed by atoms with Crippen LogP contribution in [0, 0.1) is 0 Å². The summed E-state index contributed by atoms with van der Waals surface area (Å²) in [5, 5.41) is 0. The Balaban J connectivity index is 2.14. The molecule has 8 heteroatoms. The molecule has 1 heterocycles. The molecule has 0 fully saturated rings. The number of imide groups is 1. The van der Waals surface area contributed by atoms with Gasteiger partial charge in [-0.1, -0.05) is 18.2 Å². The van der Waals surface area contributed by atoms with Gasteiger partial charge in [-0.05, 0) is 30.3 Å². The van der Waals surface area contributed by atoms with Crippen molar-refractivity contribution in [3.8, 4) is 5.75 Å². The number of hydrogen-bond acceptors (Lipinski definition) is 7. The summed E-state index contributed by atoms with van der Waals surface area (Å²) < 4.78 is 16.1. The van der Waals surface area contributed by atoms with Crippen LogP contribution in [0.15, 0.2) is 54.2 Å². The Morgan fingerprint density at radius 3 is 1.97 bits per heavy atom. The van der Waals surface area contributed by atoms with Crippen LogP contribution in [-0.4, -0.2) is 78.4 Å². The first kappa shape index (κ1) is 24.3. The zero-order valence-corrected chi connectivity index (χ0v) is 19.8. The second kappa shape index (κ2) is 11.0. The van der Waals surface area contributed by atoms with Crippen LogP contribution in [0.4, 0.5) is 11.4 Å². The lowest BCUT2D eigenvalue weighted by Crippen LogP contribution is -2.37. The van der Waals surface area contributed by atoms with Crippen LogP contribution >= 0.6 is 0 Å². The highest BCUT2D eigenvalue weighted by Crippen LogP contribution is 2.38. The maximum atomic E-state index is 13.8. The Morgan fingerprint density at radius 2 is 1.42 bits per heavy atom. The summed E-state index contributed by atoms with van der Waals surface area (Å²) in [6, 6.07) is 14.5. The Bertz CT molecular complexity index is 1010. The number of benzene rings is 2. The smallest absolute Gasteiger partial charge is 0.282 e. The molecule has 0 atom stereocenters. The molecule has 33 heavy (non-hydrogen) atoms. The van der Waals surface area contributed by atoms with Crippen molar-refractivity contribution in [2.75, 3.05) is 71.5 Å². The molecule has 0 saturated carbocycles. The molecule has 2 aromatic rings. The van der Waals surface area contributed by atoms with E-state index in [4.69, 9.17) is 14.2 Å². The van der Waals surface area contributed by atoms with Crippen molar-refractivity contribution in [3.63, 3.8) is 0 Å². The van der Waals surface area contributed by atoms with Gasteiger partial charge in [-0.15, -0.1) is 0 Å². The molecule has 0 spiro atoms. The van der Waals surface area contributed by atoms with Crippen molar-refractivity contribution in [2.45, 2.75) is 0 Å². The average molecular weight is 454 g/mol. The second-order valence-electron chi connectivity index (χ2n) is 7.75. The lowest BCUT2D eigenvalue weighted by Gasteiger charge is -2.26. The largest absolute Gasteiger partial charge is 0.496 e. The van der Waals surface area contributed by atoms with Gasteiger partial charge in [-0.3, -0.25) is 9.59 Å². The Labute approximate surface area is 194 Å². The van der Waals surface area contributed by atoms with E-state index in [1.54, 1.807) is 45.6 Å². The van der Waals surface area contributed by atoms with Gasteiger partial charge in [0, 0.05) is 52.7 Å². The minimum atomic E-state index is -0.392. The van der Waals surface area contributed by atoms with Crippen LogP contribution in [0.2, 0.25) is 0 Å². The number of ether oxygens (including phenoxy) is 3. The maximum Gasteiger partial charge on any atom is 0.282 e. The molecule has 0 saturated heterocycles. The summed E-state index contributed by atoms with van der Waals surface area (Å²) >= 11 is 0. The van der Waals surface area contributed by atoms with E-state index in [1.807, 2.05) is 48.2 Å². The van der Waals surface area contributed by atoms with Crippen LogP contribution in [0.25, 0.3) is 5.57 Å². The van der Waals surface area contributed by atoms with Gasteiger partial charge in [0.1, 0.15) is 11.4 Å². The van der Waals surface area contributed by atoms with E-state index in [1.165, 1.54) is 4.90 Å². The monoisotopic (exact) mass is 453 g/mol. The molecule has 176 valence electrons. The summed E-state index contributed by atoms with van der Waals surface area (Å²) in [7, 11) is 8.62. The van der Waals surface area contributed by atoms with Crippen LogP contribution in [0.5, 0.6) is 5.75 Å². The first-order chi connectivity index (χ1) is 15.9. The fraction of sp³-hybridized carbons (Fsp3) is 0.360. The van der Waals surface area contributed by atoms with Crippen molar-refractivity contribution >= 4 is 28.8 Å². The summed E-state index contributed by atoms with van der Waals surface area (Å²) in [4.78, 5) is 32.5. The fourth-order valence-corrected chi connectivity index (χ4v) is 3.78. The number of carbonyl (C=O) groups is 2. The number of para-hydroxylation sites is 1. The van der Waals surface area contributed by atoms with E-state index < -0.39 is 5.91 Å². The number of methoxy groups -OCH3 is 3. The van der Waals surface area contributed by atoms with Gasteiger partial charge < -0.3 is 24.0 Å². The molecular weight excluding hydrogens is 422 g/mol. The van der Waals surface area contributed by atoms with Crippen LogP contribution in [0.1, 0.15) is 5.56 Å². The van der Waals surface area contributed by atoms with E-state index in [0.29, 0.717) is 54.6 Å². The molecule has 0 bridgehead atoms. The minimum absolute atomic E-state index is 0.307. The Hall–Kier alpha value is -3.36. The molecule has 1 aliphatic rings. The summed E-state index contributed by atoms with van der Waals surface area (Å²) in [5.74, 6) is -0.253. The van der Waals surface area contributed by atoms with E-state index in [9.17, 15) is 9.59 Å². The lowest BCUT2D eigenvalue weighted by molar-refractivity contribution is -0.120. The zero-order chi connectivity index (χ0) is 24.0. The lowest BCUT2D eigenvalue weighted by atomic mass is 10.0. The Kier molecular flexibility index (Phi) is 8.08. The first-order valence-electron chi connectivity index (χ1n) is 10.7. The van der Waals surface area contributed by atoms with Gasteiger partial charge in [0.2, 0.25) is 0 Å². The van der Waals surface area contributed by atoms with Gasteiger partial charge in [0.05, 0.1) is 31.6 Å². The van der Waals surface area contributed by atoms with Gasteiger partial charge in [0.25, 0.3) is 11.8 Å². The van der Waals surface area contributed by atoms with Crippen molar-refractivity contribution in [2.24, 2.45) is 0 Å². The fourth-order valence-electron chi connectivity index (χ4n) is 3.78. The van der Waals surface area contributed by atoms with Crippen molar-refractivity contribution in [1.82, 2.24) is 4.90 Å². The third-order valence-electron chi connectivity index (χ3n) is 5.51. The number of hydrogen-bond donors (Lipinski definition) is 0. The van der Waals surface area contributed by atoms with Crippen molar-refractivity contribution < 1.29 is 23.8 Å². The molecule has 0 unspecified atom stereocenters. The van der Waals surface area contributed by atoms with Crippen LogP contribution in [0.3, 0.4) is 0 Å². The van der Waals surface area contributed by atoms with Gasteiger partial charge in [0.15, 0.2) is 0 Å². The molecule has 1 aliphatic heterocycles. The van der Waals surface area contributed by atoms with E-state index in [2.05, 4.69) is 0 Å². The highest BCUT2D eigenvalue weighted by molar-refractivity contribution is 6.45. The molecule has 2 aromatic carbocycles. The number of nitrogens with zero attached hydrogens (tertiary/aromatic N) is 3. The van der Waals surface area contributed by atoms with Crippen LogP contribution in [-0.2, 0) is 19.1 Å². The molecule has 0 aromatic heterocycles. The van der Waals surface area contributed by atoms with Crippen molar-refractivity contribution in [1.29, 1.82) is 0 Å². The molecular formula is C25H31N3O5. The normalized spacial score (nSPS) is 13.7.